The Labute approximate surface area is 90.3 Å². The molecule has 1 aromatic carbocycles. The van der Waals surface area contributed by atoms with E-state index in [1.165, 1.54) is 0 Å². The van der Waals surface area contributed by atoms with Crippen molar-refractivity contribution in [3.05, 3.63) is 27.8 Å². The zero-order valence-corrected chi connectivity index (χ0v) is 9.11. The first-order chi connectivity index (χ1) is 6.27. The van der Waals surface area contributed by atoms with Crippen LogP contribution in [0.2, 0.25) is 0 Å². The number of anilines is 1. The fourth-order valence-electron chi connectivity index (χ4n) is 1.36. The first-order valence-corrected chi connectivity index (χ1v) is 5.16. The van der Waals surface area contributed by atoms with E-state index < -0.39 is 0 Å². The second-order valence-corrected chi connectivity index (χ2v) is 4.11. The molecule has 4 heteroatoms. The smallest absolute Gasteiger partial charge is 0.321 e. The van der Waals surface area contributed by atoms with Gasteiger partial charge in [0.05, 0.1) is 0 Å². The Morgan fingerprint density at radius 2 is 2.31 bits per heavy atom. The number of carbonyl (C=O) groups is 1. The first kappa shape index (κ1) is 8.80. The van der Waals surface area contributed by atoms with Crippen LogP contribution < -0.4 is 10.2 Å². The Balaban J connectivity index is 2.29. The van der Waals surface area contributed by atoms with Gasteiger partial charge in [-0.25, -0.2) is 4.79 Å². The molecule has 0 aromatic heterocycles. The topological polar surface area (TPSA) is 32.3 Å². The highest BCUT2D eigenvalue weighted by atomic mass is 127. The predicted octanol–water partition coefficient (Wildman–Crippen LogP) is 1.82. The van der Waals surface area contributed by atoms with Crippen LogP contribution in [0.3, 0.4) is 0 Å². The lowest BCUT2D eigenvalue weighted by molar-refractivity contribution is 0.252. The lowest BCUT2D eigenvalue weighted by atomic mass is 10.3. The summed E-state index contributed by atoms with van der Waals surface area (Å²) in [6.45, 7) is 1.50. The summed E-state index contributed by atoms with van der Waals surface area (Å²) in [5.41, 5.74) is 0.974. The number of urea groups is 1. The molecule has 68 valence electrons. The fraction of sp³-hybridized carbons (Fsp3) is 0.222. The van der Waals surface area contributed by atoms with Crippen LogP contribution in [0, 0.1) is 3.57 Å². The summed E-state index contributed by atoms with van der Waals surface area (Å²) in [4.78, 5) is 13.1. The van der Waals surface area contributed by atoms with Crippen molar-refractivity contribution < 1.29 is 4.79 Å². The van der Waals surface area contributed by atoms with Crippen molar-refractivity contribution in [2.24, 2.45) is 0 Å². The Kier molecular flexibility index (Phi) is 2.39. The normalized spacial score (nSPS) is 16.1. The van der Waals surface area contributed by atoms with Crippen LogP contribution in [-0.4, -0.2) is 19.1 Å². The quantitative estimate of drug-likeness (QED) is 0.785. The number of halogens is 1. The van der Waals surface area contributed by atoms with Crippen molar-refractivity contribution in [1.29, 1.82) is 0 Å². The number of carbonyl (C=O) groups excluding carboxylic acids is 1. The molecular weight excluding hydrogens is 279 g/mol. The van der Waals surface area contributed by atoms with Crippen molar-refractivity contribution in [1.82, 2.24) is 5.32 Å². The van der Waals surface area contributed by atoms with Gasteiger partial charge in [-0.1, -0.05) is 6.07 Å². The lowest BCUT2D eigenvalue weighted by Gasteiger charge is -2.13. The number of nitrogens with zero attached hydrogens (tertiary/aromatic N) is 1. The van der Waals surface area contributed by atoms with E-state index in [-0.39, 0.29) is 6.03 Å². The van der Waals surface area contributed by atoms with Crippen molar-refractivity contribution in [2.45, 2.75) is 0 Å². The van der Waals surface area contributed by atoms with E-state index >= 15 is 0 Å². The molecule has 0 radical (unpaired) electrons. The maximum Gasteiger partial charge on any atom is 0.321 e. The highest BCUT2D eigenvalue weighted by molar-refractivity contribution is 14.1. The van der Waals surface area contributed by atoms with Gasteiger partial charge in [0.2, 0.25) is 0 Å². The van der Waals surface area contributed by atoms with Crippen LogP contribution in [0.15, 0.2) is 24.3 Å². The van der Waals surface area contributed by atoms with E-state index in [0.717, 1.165) is 22.3 Å². The molecule has 13 heavy (non-hydrogen) atoms. The molecule has 3 nitrogen and oxygen atoms in total. The van der Waals surface area contributed by atoms with Gasteiger partial charge in [-0.15, -0.1) is 0 Å². The molecule has 0 saturated carbocycles. The zero-order valence-electron chi connectivity index (χ0n) is 6.96. The van der Waals surface area contributed by atoms with Crippen molar-refractivity contribution in [2.75, 3.05) is 18.0 Å². The number of hydrogen-bond donors (Lipinski definition) is 1. The third-order valence-electron chi connectivity index (χ3n) is 1.98. The molecule has 1 saturated heterocycles. The SMILES string of the molecule is O=C1NCCN1c1cccc(I)c1. The minimum absolute atomic E-state index is 0.00185. The number of benzene rings is 1. The molecular formula is C9H9IN2O. The minimum Gasteiger partial charge on any atom is -0.336 e. The molecule has 2 amide bonds. The maximum atomic E-state index is 11.3. The third-order valence-corrected chi connectivity index (χ3v) is 2.65. The first-order valence-electron chi connectivity index (χ1n) is 4.08. The zero-order chi connectivity index (χ0) is 9.26. The van der Waals surface area contributed by atoms with E-state index in [4.69, 9.17) is 0 Å². The van der Waals surface area contributed by atoms with Crippen molar-refractivity contribution in [3.8, 4) is 0 Å². The van der Waals surface area contributed by atoms with Crippen LogP contribution in [-0.2, 0) is 0 Å². The largest absolute Gasteiger partial charge is 0.336 e. The van der Waals surface area contributed by atoms with E-state index in [9.17, 15) is 4.79 Å². The predicted molar refractivity (Wildman–Crippen MR) is 59.9 cm³/mol. The Morgan fingerprint density at radius 1 is 1.46 bits per heavy atom. The molecule has 0 bridgehead atoms. The maximum absolute atomic E-state index is 11.3. The average Bonchev–Trinajstić information content (AvgIpc) is 2.51. The van der Waals surface area contributed by atoms with Crippen LogP contribution >= 0.6 is 22.6 Å². The highest BCUT2D eigenvalue weighted by Crippen LogP contribution is 2.18. The van der Waals surface area contributed by atoms with Crippen LogP contribution in [0.1, 0.15) is 0 Å². The second kappa shape index (κ2) is 3.53. The van der Waals surface area contributed by atoms with Gasteiger partial charge in [-0.05, 0) is 40.8 Å². The Bertz CT molecular complexity index is 340. The van der Waals surface area contributed by atoms with Gasteiger partial charge in [-0.2, -0.15) is 0 Å². The molecule has 1 aliphatic rings. The monoisotopic (exact) mass is 288 g/mol. The van der Waals surface area contributed by atoms with Crippen LogP contribution in [0.5, 0.6) is 0 Å². The van der Waals surface area contributed by atoms with Crippen LogP contribution in [0.4, 0.5) is 10.5 Å². The number of nitrogens with one attached hydrogen (secondary N) is 1. The number of amides is 2. The van der Waals surface area contributed by atoms with Gasteiger partial charge in [0.1, 0.15) is 0 Å². The fourth-order valence-corrected chi connectivity index (χ4v) is 1.89. The molecule has 0 atom stereocenters. The lowest BCUT2D eigenvalue weighted by Crippen LogP contribution is -2.27. The molecule has 0 unspecified atom stereocenters. The van der Waals surface area contributed by atoms with Gasteiger partial charge in [0.25, 0.3) is 0 Å². The van der Waals surface area contributed by atoms with Gasteiger partial charge < -0.3 is 5.32 Å². The van der Waals surface area contributed by atoms with E-state index in [2.05, 4.69) is 27.9 Å². The number of hydrogen-bond acceptors (Lipinski definition) is 1. The van der Waals surface area contributed by atoms with Gasteiger partial charge in [0, 0.05) is 22.3 Å². The molecule has 1 N–H and O–H groups in total. The summed E-state index contributed by atoms with van der Waals surface area (Å²) in [5.74, 6) is 0. The van der Waals surface area contributed by atoms with Gasteiger partial charge in [0.15, 0.2) is 0 Å². The molecule has 0 aliphatic carbocycles. The molecule has 1 aromatic rings. The summed E-state index contributed by atoms with van der Waals surface area (Å²) in [6.07, 6.45) is 0. The van der Waals surface area contributed by atoms with E-state index in [1.807, 2.05) is 24.3 Å². The molecule has 2 rings (SSSR count). The molecule has 1 aliphatic heterocycles. The van der Waals surface area contributed by atoms with E-state index in [1.54, 1.807) is 4.90 Å². The molecule has 1 fully saturated rings. The van der Waals surface area contributed by atoms with Crippen molar-refractivity contribution in [3.63, 3.8) is 0 Å². The molecule has 0 spiro atoms. The Morgan fingerprint density at radius 3 is 2.92 bits per heavy atom. The van der Waals surface area contributed by atoms with Crippen LogP contribution in [0.25, 0.3) is 0 Å². The summed E-state index contributed by atoms with van der Waals surface area (Å²) in [7, 11) is 0. The summed E-state index contributed by atoms with van der Waals surface area (Å²) in [5, 5.41) is 2.77. The highest BCUT2D eigenvalue weighted by Gasteiger charge is 2.20. The third kappa shape index (κ3) is 1.77. The Hall–Kier alpha value is -0.780. The summed E-state index contributed by atoms with van der Waals surface area (Å²) < 4.78 is 1.15. The van der Waals surface area contributed by atoms with Crippen molar-refractivity contribution >= 4 is 34.3 Å². The van der Waals surface area contributed by atoms with Gasteiger partial charge >= 0.3 is 6.03 Å². The van der Waals surface area contributed by atoms with E-state index in [0.29, 0.717) is 0 Å². The summed E-state index contributed by atoms with van der Waals surface area (Å²) in [6, 6.07) is 7.93. The standard InChI is InChI=1S/C9H9IN2O/c10-7-2-1-3-8(6-7)12-5-4-11-9(12)13/h1-3,6H,4-5H2,(H,11,13). The number of rotatable bonds is 1. The minimum atomic E-state index is 0.00185. The van der Waals surface area contributed by atoms with Gasteiger partial charge in [-0.3, -0.25) is 4.90 Å². The average molecular weight is 288 g/mol. The second-order valence-electron chi connectivity index (χ2n) is 2.86. The molecule has 1 heterocycles. The summed E-state index contributed by atoms with van der Waals surface area (Å²) >= 11 is 2.24.